The Bertz CT molecular complexity index is 961. The lowest BCUT2D eigenvalue weighted by atomic mass is 10.2. The first-order valence-electron chi connectivity index (χ1n) is 9.20. The molecule has 0 N–H and O–H groups in total. The van der Waals surface area contributed by atoms with Gasteiger partial charge in [-0.3, -0.25) is 4.79 Å². The van der Waals surface area contributed by atoms with E-state index in [0.717, 1.165) is 16.2 Å². The summed E-state index contributed by atoms with van der Waals surface area (Å²) in [5.74, 6) is -0.642. The summed E-state index contributed by atoms with van der Waals surface area (Å²) >= 11 is 6.04. The van der Waals surface area contributed by atoms with Gasteiger partial charge in [0.1, 0.15) is 5.82 Å². The molecule has 0 aromatic heterocycles. The molecule has 0 atom stereocenters. The van der Waals surface area contributed by atoms with E-state index in [1.807, 2.05) is 24.3 Å². The number of carbonyl (C=O) groups excluding carboxylic acids is 1. The highest BCUT2D eigenvalue weighted by atomic mass is 35.5. The fourth-order valence-corrected chi connectivity index (χ4v) is 4.13. The van der Waals surface area contributed by atoms with Gasteiger partial charge in [0, 0.05) is 43.4 Å². The van der Waals surface area contributed by atoms with Crippen LogP contribution in [0.25, 0.3) is 0 Å². The number of hydrogen-bond acceptors (Lipinski definition) is 4. The molecule has 29 heavy (non-hydrogen) atoms. The fraction of sp³-hybridized carbons (Fsp3) is 0.350. The van der Waals surface area contributed by atoms with Gasteiger partial charge in [0.15, 0.2) is 0 Å². The van der Waals surface area contributed by atoms with Gasteiger partial charge < -0.3 is 9.80 Å². The van der Waals surface area contributed by atoms with Crippen LogP contribution in [0.5, 0.6) is 0 Å². The summed E-state index contributed by atoms with van der Waals surface area (Å²) in [6, 6.07) is 13.1. The number of hydrogen-bond donors (Lipinski definition) is 0. The van der Waals surface area contributed by atoms with E-state index in [9.17, 15) is 17.6 Å². The standard InChI is InChI=1S/C20H23ClFN3O3S/c1-29(27,28)25(14-16-5-7-18(22)8-6-16)15-20(26)24-11-9-23(10-12-24)19-4-2-3-17(21)13-19/h2-8,13H,9-12,14-15H2,1H3. The number of rotatable bonds is 6. The summed E-state index contributed by atoms with van der Waals surface area (Å²) in [6.45, 7) is 2.06. The first kappa shape index (κ1) is 21.5. The van der Waals surface area contributed by atoms with E-state index in [0.29, 0.717) is 36.8 Å². The molecule has 2 aromatic rings. The zero-order chi connectivity index (χ0) is 21.0. The molecule has 0 spiro atoms. The second kappa shape index (κ2) is 9.11. The van der Waals surface area contributed by atoms with Crippen LogP contribution < -0.4 is 4.90 Å². The highest BCUT2D eigenvalue weighted by molar-refractivity contribution is 7.88. The third kappa shape index (κ3) is 5.91. The van der Waals surface area contributed by atoms with Gasteiger partial charge in [0.25, 0.3) is 0 Å². The number of halogens is 2. The lowest BCUT2D eigenvalue weighted by molar-refractivity contribution is -0.131. The first-order chi connectivity index (χ1) is 13.7. The SMILES string of the molecule is CS(=O)(=O)N(CC(=O)N1CCN(c2cccc(Cl)c2)CC1)Cc1ccc(F)cc1. The lowest BCUT2D eigenvalue weighted by Gasteiger charge is -2.37. The summed E-state index contributed by atoms with van der Waals surface area (Å²) in [7, 11) is -3.60. The van der Waals surface area contributed by atoms with Gasteiger partial charge in [-0.05, 0) is 35.9 Å². The molecule has 0 unspecified atom stereocenters. The molecule has 9 heteroatoms. The zero-order valence-corrected chi connectivity index (χ0v) is 17.7. The molecule has 0 saturated carbocycles. The molecule has 0 radical (unpaired) electrons. The van der Waals surface area contributed by atoms with Crippen LogP contribution in [0.3, 0.4) is 0 Å². The highest BCUT2D eigenvalue weighted by Gasteiger charge is 2.26. The van der Waals surface area contributed by atoms with Crippen LogP contribution >= 0.6 is 11.6 Å². The van der Waals surface area contributed by atoms with Crippen molar-refractivity contribution < 1.29 is 17.6 Å². The topological polar surface area (TPSA) is 60.9 Å². The smallest absolute Gasteiger partial charge is 0.238 e. The van der Waals surface area contributed by atoms with Crippen LogP contribution in [-0.4, -0.2) is 62.5 Å². The lowest BCUT2D eigenvalue weighted by Crippen LogP contribution is -2.51. The maximum atomic E-state index is 13.1. The summed E-state index contributed by atoms with van der Waals surface area (Å²) in [5.41, 5.74) is 1.62. The van der Waals surface area contributed by atoms with Crippen LogP contribution in [0.15, 0.2) is 48.5 Å². The second-order valence-corrected chi connectivity index (χ2v) is 9.42. The van der Waals surface area contributed by atoms with Crippen molar-refractivity contribution in [2.45, 2.75) is 6.54 Å². The predicted octanol–water partition coefficient (Wildman–Crippen LogP) is 2.59. The average molecular weight is 440 g/mol. The van der Waals surface area contributed by atoms with Crippen LogP contribution in [0, 0.1) is 5.82 Å². The van der Waals surface area contributed by atoms with Crippen molar-refractivity contribution in [2.24, 2.45) is 0 Å². The van der Waals surface area contributed by atoms with Crippen molar-refractivity contribution in [2.75, 3.05) is 43.9 Å². The molecule has 1 amide bonds. The van der Waals surface area contributed by atoms with Crippen LogP contribution in [0.4, 0.5) is 10.1 Å². The van der Waals surface area contributed by atoms with Gasteiger partial charge in [-0.2, -0.15) is 4.31 Å². The van der Waals surface area contributed by atoms with Gasteiger partial charge in [-0.15, -0.1) is 0 Å². The Labute approximate surface area is 175 Å². The molecule has 6 nitrogen and oxygen atoms in total. The van der Waals surface area contributed by atoms with E-state index >= 15 is 0 Å². The van der Waals surface area contributed by atoms with Crippen molar-refractivity contribution in [1.29, 1.82) is 0 Å². The van der Waals surface area contributed by atoms with Crippen LogP contribution in [-0.2, 0) is 21.4 Å². The van der Waals surface area contributed by atoms with E-state index in [2.05, 4.69) is 4.90 Å². The minimum atomic E-state index is -3.60. The molecular weight excluding hydrogens is 417 g/mol. The summed E-state index contributed by atoms with van der Waals surface area (Å²) in [6.07, 6.45) is 1.07. The number of sulfonamides is 1. The molecule has 1 fully saturated rings. The van der Waals surface area contributed by atoms with Gasteiger partial charge >= 0.3 is 0 Å². The Morgan fingerprint density at radius 1 is 1.10 bits per heavy atom. The van der Waals surface area contributed by atoms with Gasteiger partial charge in [-0.1, -0.05) is 29.8 Å². The number of benzene rings is 2. The fourth-order valence-electron chi connectivity index (χ4n) is 3.22. The summed E-state index contributed by atoms with van der Waals surface area (Å²) in [5, 5.41) is 0.658. The molecule has 0 aliphatic carbocycles. The number of nitrogens with zero attached hydrogens (tertiary/aromatic N) is 3. The maximum Gasteiger partial charge on any atom is 0.238 e. The van der Waals surface area contributed by atoms with Crippen molar-refractivity contribution in [3.05, 3.63) is 64.9 Å². The van der Waals surface area contributed by atoms with Gasteiger partial charge in [0.05, 0.1) is 12.8 Å². The number of carbonyl (C=O) groups is 1. The molecule has 1 heterocycles. The Kier molecular flexibility index (Phi) is 6.77. The maximum absolute atomic E-state index is 13.1. The quantitative estimate of drug-likeness (QED) is 0.694. The van der Waals surface area contributed by atoms with Crippen molar-refractivity contribution in [1.82, 2.24) is 9.21 Å². The van der Waals surface area contributed by atoms with Crippen molar-refractivity contribution >= 4 is 33.2 Å². The minimum Gasteiger partial charge on any atom is -0.368 e. The largest absolute Gasteiger partial charge is 0.368 e. The molecule has 1 aliphatic heterocycles. The number of piperazine rings is 1. The van der Waals surface area contributed by atoms with E-state index in [1.54, 1.807) is 4.90 Å². The van der Waals surface area contributed by atoms with Crippen LogP contribution in [0.1, 0.15) is 5.56 Å². The Morgan fingerprint density at radius 2 is 1.76 bits per heavy atom. The Balaban J connectivity index is 1.61. The molecule has 0 bridgehead atoms. The molecule has 156 valence electrons. The number of amides is 1. The van der Waals surface area contributed by atoms with E-state index < -0.39 is 15.8 Å². The van der Waals surface area contributed by atoms with E-state index in [1.165, 1.54) is 24.3 Å². The molecule has 2 aromatic carbocycles. The third-order valence-electron chi connectivity index (χ3n) is 4.86. The van der Waals surface area contributed by atoms with Crippen LogP contribution in [0.2, 0.25) is 5.02 Å². The molecule has 1 saturated heterocycles. The van der Waals surface area contributed by atoms with Crippen molar-refractivity contribution in [3.63, 3.8) is 0 Å². The monoisotopic (exact) mass is 439 g/mol. The summed E-state index contributed by atoms with van der Waals surface area (Å²) < 4.78 is 38.5. The highest BCUT2D eigenvalue weighted by Crippen LogP contribution is 2.21. The van der Waals surface area contributed by atoms with Gasteiger partial charge in [0.2, 0.25) is 15.9 Å². The summed E-state index contributed by atoms with van der Waals surface area (Å²) in [4.78, 5) is 16.5. The third-order valence-corrected chi connectivity index (χ3v) is 6.29. The Hall–Kier alpha value is -2.16. The number of anilines is 1. The second-order valence-electron chi connectivity index (χ2n) is 7.01. The molecule has 1 aliphatic rings. The van der Waals surface area contributed by atoms with E-state index in [4.69, 9.17) is 11.6 Å². The first-order valence-corrected chi connectivity index (χ1v) is 11.4. The predicted molar refractivity (Wildman–Crippen MR) is 112 cm³/mol. The van der Waals surface area contributed by atoms with Gasteiger partial charge in [-0.25, -0.2) is 12.8 Å². The van der Waals surface area contributed by atoms with Crippen molar-refractivity contribution in [3.8, 4) is 0 Å². The normalized spacial score (nSPS) is 15.0. The zero-order valence-electron chi connectivity index (χ0n) is 16.1. The Morgan fingerprint density at radius 3 is 2.34 bits per heavy atom. The van der Waals surface area contributed by atoms with E-state index in [-0.39, 0.29) is 19.0 Å². The molecular formula is C20H23ClFN3O3S. The minimum absolute atomic E-state index is 0.0212. The average Bonchev–Trinajstić information content (AvgIpc) is 2.68. The molecule has 3 rings (SSSR count).